The van der Waals surface area contributed by atoms with Gasteiger partial charge in [-0.25, -0.2) is 0 Å². The predicted octanol–water partition coefficient (Wildman–Crippen LogP) is 2.28. The number of thioether (sulfide) groups is 1. The van der Waals surface area contributed by atoms with Crippen LogP contribution in [0.4, 0.5) is 0 Å². The van der Waals surface area contributed by atoms with Gasteiger partial charge in [0, 0.05) is 37.2 Å². The van der Waals surface area contributed by atoms with Crippen LogP contribution in [0.3, 0.4) is 0 Å². The summed E-state index contributed by atoms with van der Waals surface area (Å²) >= 11 is 1.73. The summed E-state index contributed by atoms with van der Waals surface area (Å²) in [4.78, 5) is 4.33. The van der Waals surface area contributed by atoms with E-state index in [1.165, 1.54) is 18.4 Å². The summed E-state index contributed by atoms with van der Waals surface area (Å²) in [6, 6.07) is 4.11. The van der Waals surface area contributed by atoms with Crippen molar-refractivity contribution in [3.8, 4) is 0 Å². The standard InChI is InChI=1S/C15H21N5S/c1-11-13(6-4-8-17-11)10-21-15-19-18-14(20(15)2)12-5-3-7-16-9-12/h4,6,8,12,16H,3,5,7,9-10H2,1-2H3. The van der Waals surface area contributed by atoms with Crippen LogP contribution in [-0.4, -0.2) is 32.8 Å². The summed E-state index contributed by atoms with van der Waals surface area (Å²) in [5.74, 6) is 2.48. The second-order valence-corrected chi connectivity index (χ2v) is 6.42. The maximum Gasteiger partial charge on any atom is 0.191 e. The Morgan fingerprint density at radius 3 is 3.10 bits per heavy atom. The fourth-order valence-electron chi connectivity index (χ4n) is 2.69. The van der Waals surface area contributed by atoms with Crippen molar-refractivity contribution in [1.82, 2.24) is 25.1 Å². The molecule has 1 atom stereocenters. The number of nitrogens with one attached hydrogen (secondary N) is 1. The van der Waals surface area contributed by atoms with Gasteiger partial charge in [0.05, 0.1) is 0 Å². The number of pyridine rings is 1. The molecule has 0 aromatic carbocycles. The van der Waals surface area contributed by atoms with Gasteiger partial charge in [-0.2, -0.15) is 0 Å². The van der Waals surface area contributed by atoms with E-state index in [-0.39, 0.29) is 0 Å². The lowest BCUT2D eigenvalue weighted by Crippen LogP contribution is -2.29. The molecule has 0 radical (unpaired) electrons. The van der Waals surface area contributed by atoms with Gasteiger partial charge >= 0.3 is 0 Å². The Kier molecular flexibility index (Phi) is 4.55. The lowest BCUT2D eigenvalue weighted by atomic mass is 9.99. The first-order valence-electron chi connectivity index (χ1n) is 7.39. The molecule has 0 bridgehead atoms. The molecule has 21 heavy (non-hydrogen) atoms. The van der Waals surface area contributed by atoms with Gasteiger partial charge in [0.1, 0.15) is 5.82 Å². The second kappa shape index (κ2) is 6.58. The van der Waals surface area contributed by atoms with Crippen molar-refractivity contribution in [1.29, 1.82) is 0 Å². The molecule has 0 aliphatic carbocycles. The Labute approximate surface area is 129 Å². The number of aromatic nitrogens is 4. The zero-order chi connectivity index (χ0) is 14.7. The Morgan fingerprint density at radius 1 is 1.43 bits per heavy atom. The van der Waals surface area contributed by atoms with E-state index < -0.39 is 0 Å². The highest BCUT2D eigenvalue weighted by Gasteiger charge is 2.21. The quantitative estimate of drug-likeness (QED) is 0.878. The molecule has 1 saturated heterocycles. The van der Waals surface area contributed by atoms with Gasteiger partial charge in [0.25, 0.3) is 0 Å². The van der Waals surface area contributed by atoms with Crippen molar-refractivity contribution < 1.29 is 0 Å². The van der Waals surface area contributed by atoms with Crippen LogP contribution in [0.2, 0.25) is 0 Å². The average Bonchev–Trinajstić information content (AvgIpc) is 2.88. The highest BCUT2D eigenvalue weighted by Crippen LogP contribution is 2.26. The maximum atomic E-state index is 4.41. The predicted molar refractivity (Wildman–Crippen MR) is 84.4 cm³/mol. The maximum absolute atomic E-state index is 4.41. The summed E-state index contributed by atoms with van der Waals surface area (Å²) in [5, 5.41) is 13.2. The van der Waals surface area contributed by atoms with E-state index in [0.29, 0.717) is 5.92 Å². The van der Waals surface area contributed by atoms with E-state index in [1.807, 2.05) is 19.2 Å². The number of piperidine rings is 1. The summed E-state index contributed by atoms with van der Waals surface area (Å²) in [6.07, 6.45) is 4.25. The molecule has 1 aliphatic heterocycles. The topological polar surface area (TPSA) is 55.6 Å². The third-order valence-corrected chi connectivity index (χ3v) is 5.07. The molecule has 3 heterocycles. The summed E-state index contributed by atoms with van der Waals surface area (Å²) in [7, 11) is 2.07. The fourth-order valence-corrected chi connectivity index (χ4v) is 3.67. The van der Waals surface area contributed by atoms with Crippen LogP contribution in [0.5, 0.6) is 0 Å². The first-order chi connectivity index (χ1) is 10.3. The lowest BCUT2D eigenvalue weighted by molar-refractivity contribution is 0.436. The third kappa shape index (κ3) is 3.27. The molecule has 112 valence electrons. The lowest BCUT2D eigenvalue weighted by Gasteiger charge is -2.21. The smallest absolute Gasteiger partial charge is 0.191 e. The Bertz CT molecular complexity index is 604. The molecular formula is C15H21N5S. The van der Waals surface area contributed by atoms with Crippen LogP contribution in [0.15, 0.2) is 23.5 Å². The minimum Gasteiger partial charge on any atom is -0.316 e. The van der Waals surface area contributed by atoms with Crippen LogP contribution in [-0.2, 0) is 12.8 Å². The Morgan fingerprint density at radius 2 is 2.33 bits per heavy atom. The van der Waals surface area contributed by atoms with Gasteiger partial charge in [0.15, 0.2) is 5.16 Å². The average molecular weight is 303 g/mol. The van der Waals surface area contributed by atoms with Crippen LogP contribution in [0.25, 0.3) is 0 Å². The third-order valence-electron chi connectivity index (χ3n) is 4.00. The van der Waals surface area contributed by atoms with Crippen molar-refractivity contribution >= 4 is 11.8 Å². The highest BCUT2D eigenvalue weighted by molar-refractivity contribution is 7.98. The summed E-state index contributed by atoms with van der Waals surface area (Å²) in [5.41, 5.74) is 2.34. The molecule has 1 unspecified atom stereocenters. The first kappa shape index (κ1) is 14.5. The van der Waals surface area contributed by atoms with E-state index in [0.717, 1.165) is 35.5 Å². The van der Waals surface area contributed by atoms with Gasteiger partial charge in [-0.15, -0.1) is 10.2 Å². The molecule has 3 rings (SSSR count). The van der Waals surface area contributed by atoms with Crippen LogP contribution in [0, 0.1) is 6.92 Å². The summed E-state index contributed by atoms with van der Waals surface area (Å²) < 4.78 is 2.15. The number of aryl methyl sites for hydroxylation is 1. The fraction of sp³-hybridized carbons (Fsp3) is 0.533. The molecule has 6 heteroatoms. The Balaban J connectivity index is 1.69. The van der Waals surface area contributed by atoms with Crippen molar-refractivity contribution in [2.75, 3.05) is 13.1 Å². The molecule has 0 amide bonds. The molecule has 2 aromatic rings. The van der Waals surface area contributed by atoms with Gasteiger partial charge in [0.2, 0.25) is 0 Å². The summed E-state index contributed by atoms with van der Waals surface area (Å²) in [6.45, 7) is 4.18. The van der Waals surface area contributed by atoms with E-state index >= 15 is 0 Å². The van der Waals surface area contributed by atoms with Gasteiger partial charge in [-0.1, -0.05) is 17.8 Å². The van der Waals surface area contributed by atoms with Crippen molar-refractivity contribution in [3.05, 3.63) is 35.4 Å². The zero-order valence-corrected chi connectivity index (χ0v) is 13.4. The molecule has 0 saturated carbocycles. The highest BCUT2D eigenvalue weighted by atomic mass is 32.2. The SMILES string of the molecule is Cc1ncccc1CSc1nnc(C2CCCNC2)n1C. The van der Waals surface area contributed by atoms with Crippen molar-refractivity contribution in [2.24, 2.45) is 7.05 Å². The number of rotatable bonds is 4. The Hall–Kier alpha value is -1.40. The van der Waals surface area contributed by atoms with Crippen LogP contribution < -0.4 is 5.32 Å². The van der Waals surface area contributed by atoms with Crippen molar-refractivity contribution in [2.45, 2.75) is 36.6 Å². The molecule has 1 fully saturated rings. The number of nitrogens with zero attached hydrogens (tertiary/aromatic N) is 4. The van der Waals surface area contributed by atoms with Crippen molar-refractivity contribution in [3.63, 3.8) is 0 Å². The normalized spacial score (nSPS) is 18.9. The molecule has 0 spiro atoms. The minimum absolute atomic E-state index is 0.491. The monoisotopic (exact) mass is 303 g/mol. The van der Waals surface area contributed by atoms with E-state index in [2.05, 4.69) is 38.2 Å². The molecular weight excluding hydrogens is 282 g/mol. The van der Waals surface area contributed by atoms with E-state index in [9.17, 15) is 0 Å². The largest absolute Gasteiger partial charge is 0.316 e. The molecule has 2 aromatic heterocycles. The second-order valence-electron chi connectivity index (χ2n) is 5.48. The zero-order valence-electron chi connectivity index (χ0n) is 12.5. The molecule has 1 aliphatic rings. The number of hydrogen-bond acceptors (Lipinski definition) is 5. The molecule has 5 nitrogen and oxygen atoms in total. The van der Waals surface area contributed by atoms with Gasteiger partial charge in [-0.05, 0) is 37.9 Å². The van der Waals surface area contributed by atoms with Gasteiger partial charge < -0.3 is 9.88 Å². The first-order valence-corrected chi connectivity index (χ1v) is 8.37. The van der Waals surface area contributed by atoms with Crippen LogP contribution >= 0.6 is 11.8 Å². The minimum atomic E-state index is 0.491. The van der Waals surface area contributed by atoms with Gasteiger partial charge in [-0.3, -0.25) is 4.98 Å². The molecule has 1 N–H and O–H groups in total. The number of hydrogen-bond donors (Lipinski definition) is 1. The van der Waals surface area contributed by atoms with Crippen LogP contribution in [0.1, 0.15) is 35.8 Å². The van der Waals surface area contributed by atoms with E-state index in [1.54, 1.807) is 11.8 Å². The van der Waals surface area contributed by atoms with E-state index in [4.69, 9.17) is 0 Å².